The van der Waals surface area contributed by atoms with Gasteiger partial charge in [-0.2, -0.15) is 16.8 Å². The zero-order valence-corrected chi connectivity index (χ0v) is 65.8. The number of methoxy groups -OCH3 is 3. The first kappa shape index (κ1) is 78.8. The van der Waals surface area contributed by atoms with Crippen LogP contribution in [0.2, 0.25) is 0 Å². The number of aromatic nitrogens is 3. The third kappa shape index (κ3) is 18.6. The fraction of sp³-hybridized carbons (Fsp3) is 0.349. The van der Waals surface area contributed by atoms with Gasteiger partial charge >= 0.3 is 0 Å². The summed E-state index contributed by atoms with van der Waals surface area (Å²) in [6.45, 7) is 12.3. The van der Waals surface area contributed by atoms with Gasteiger partial charge in [-0.05, 0) is 170 Å². The average molecular weight is 1550 g/mol. The number of benzene rings is 6. The van der Waals surface area contributed by atoms with Gasteiger partial charge in [0, 0.05) is 120 Å². The summed E-state index contributed by atoms with van der Waals surface area (Å²) in [4.78, 5) is 69.3. The van der Waals surface area contributed by atoms with Crippen molar-refractivity contribution in [2.24, 2.45) is 0 Å². The van der Waals surface area contributed by atoms with E-state index >= 15 is 4.79 Å². The van der Waals surface area contributed by atoms with Crippen molar-refractivity contribution in [2.45, 2.75) is 107 Å². The lowest BCUT2D eigenvalue weighted by molar-refractivity contribution is 0.0733. The van der Waals surface area contributed by atoms with Gasteiger partial charge in [0.1, 0.15) is 27.8 Å². The highest BCUT2D eigenvalue weighted by atomic mass is 32.2. The molecule has 6 aromatic carbocycles. The van der Waals surface area contributed by atoms with Crippen molar-refractivity contribution in [3.8, 4) is 28.4 Å². The standard InChI is InChI=1S/C83H96N12O12S3/c1-8-11-16-59-22-30-64(31-23-59)87-108(99,100)67-54-69(82(97)94-47-39-90(40-48-94)72-19-14-15-20-75(72)105-5)71(84-56-67)51-62-28-36-73(76(52-62)106-6)91-41-45-93(46-42-91)81(96)68-55-79(110(103,104)89-66-34-26-61(27-35-66)18-13-10-3)85-57-70(68)63-29-37-74(77(53-63)107-7)92-43-49-95(50-44-92)83(98)80-58(4)21-38-78(86-80)109(101,102)88-65-32-24-60(25-33-65)17-12-9-2/h14-15,19-38,52-57,87-89H,8-13,16-18,39-51H2,1-7H3. The molecule has 9 aromatic rings. The number of nitrogens with one attached hydrogen (secondary N) is 3. The average Bonchev–Trinajstić information content (AvgIpc) is 0.784. The Morgan fingerprint density at radius 1 is 0.418 bits per heavy atom. The summed E-state index contributed by atoms with van der Waals surface area (Å²) < 4.78 is 110. The number of carbonyl (C=O) groups excluding carboxylic acids is 3. The van der Waals surface area contributed by atoms with Gasteiger partial charge < -0.3 is 43.6 Å². The van der Waals surface area contributed by atoms with Crippen molar-refractivity contribution in [1.82, 2.24) is 29.7 Å². The highest BCUT2D eigenvalue weighted by Gasteiger charge is 2.33. The number of para-hydroxylation sites is 2. The normalized spacial score (nSPS) is 14.3. The van der Waals surface area contributed by atoms with Crippen molar-refractivity contribution >= 4 is 81.9 Å². The maximum absolute atomic E-state index is 15.3. The molecule has 3 aliphatic rings. The number of anilines is 6. The van der Waals surface area contributed by atoms with Gasteiger partial charge in [0.15, 0.2) is 10.1 Å². The molecule has 12 rings (SSSR count). The predicted octanol–water partition coefficient (Wildman–Crippen LogP) is 12.8. The third-order valence-corrected chi connectivity index (χ3v) is 24.3. The largest absolute Gasteiger partial charge is 0.495 e. The lowest BCUT2D eigenvalue weighted by atomic mass is 9.99. The summed E-state index contributed by atoms with van der Waals surface area (Å²) >= 11 is 0. The zero-order valence-electron chi connectivity index (χ0n) is 63.4. The predicted molar refractivity (Wildman–Crippen MR) is 430 cm³/mol. The number of nitrogens with zero attached hydrogens (tertiary/aromatic N) is 9. The van der Waals surface area contributed by atoms with Crippen LogP contribution < -0.4 is 43.1 Å². The smallest absolute Gasteiger partial charge is 0.279 e. The molecule has 110 heavy (non-hydrogen) atoms. The van der Waals surface area contributed by atoms with Gasteiger partial charge in [0.25, 0.3) is 47.8 Å². The summed E-state index contributed by atoms with van der Waals surface area (Å²) in [5.41, 5.74) is 9.58. The van der Waals surface area contributed by atoms with E-state index in [2.05, 4.69) is 59.6 Å². The lowest BCUT2D eigenvalue weighted by Crippen LogP contribution is -2.49. The molecule has 3 N–H and O–H groups in total. The van der Waals surface area contributed by atoms with E-state index in [0.717, 1.165) is 97.2 Å². The Morgan fingerprint density at radius 3 is 1.35 bits per heavy atom. The van der Waals surface area contributed by atoms with Crippen LogP contribution in [0.3, 0.4) is 0 Å². The van der Waals surface area contributed by atoms with Gasteiger partial charge in [0.05, 0.1) is 55.2 Å². The lowest BCUT2D eigenvalue weighted by Gasteiger charge is -2.37. The molecule has 0 atom stereocenters. The Balaban J connectivity index is 0.761. The highest BCUT2D eigenvalue weighted by molar-refractivity contribution is 7.93. The second-order valence-electron chi connectivity index (χ2n) is 27.8. The van der Waals surface area contributed by atoms with Gasteiger partial charge in [-0.1, -0.05) is 107 Å². The van der Waals surface area contributed by atoms with Crippen molar-refractivity contribution < 1.29 is 53.8 Å². The van der Waals surface area contributed by atoms with E-state index in [4.69, 9.17) is 19.2 Å². The number of rotatable bonds is 30. The minimum Gasteiger partial charge on any atom is -0.495 e. The number of carbonyl (C=O) groups is 3. The number of piperazine rings is 3. The topological polar surface area (TPSA) is 276 Å². The van der Waals surface area contributed by atoms with Gasteiger partial charge in [0.2, 0.25) is 0 Å². The van der Waals surface area contributed by atoms with E-state index in [0.29, 0.717) is 109 Å². The number of sulfonamides is 3. The Bertz CT molecular complexity index is 5130. The summed E-state index contributed by atoms with van der Waals surface area (Å²) in [6, 6.07) is 46.3. The fourth-order valence-electron chi connectivity index (χ4n) is 14.0. The molecule has 27 heteroatoms. The van der Waals surface area contributed by atoms with E-state index in [1.807, 2.05) is 91.0 Å². The second-order valence-corrected chi connectivity index (χ2v) is 32.8. The first-order valence-electron chi connectivity index (χ1n) is 37.5. The number of aryl methyl sites for hydroxylation is 4. The van der Waals surface area contributed by atoms with Crippen LogP contribution in [-0.2, 0) is 55.8 Å². The molecule has 0 saturated carbocycles. The minimum absolute atomic E-state index is 0.0377. The minimum atomic E-state index is -4.34. The Kier molecular flexibility index (Phi) is 25.3. The quantitative estimate of drug-likeness (QED) is 0.0377. The summed E-state index contributed by atoms with van der Waals surface area (Å²) in [5, 5.41) is -0.629. The molecule has 0 spiro atoms. The summed E-state index contributed by atoms with van der Waals surface area (Å²) in [5.74, 6) is 0.508. The molecular weight excluding hydrogens is 1450 g/mol. The zero-order chi connectivity index (χ0) is 77.7. The Labute approximate surface area is 646 Å². The van der Waals surface area contributed by atoms with Crippen LogP contribution in [0.15, 0.2) is 185 Å². The molecule has 3 aliphatic heterocycles. The fourth-order valence-corrected chi connectivity index (χ4v) is 17.1. The summed E-state index contributed by atoms with van der Waals surface area (Å²) in [7, 11) is -7.96. The van der Waals surface area contributed by atoms with Crippen molar-refractivity contribution in [1.29, 1.82) is 0 Å². The Hall–Kier alpha value is -10.8. The second kappa shape index (κ2) is 35.3. The van der Waals surface area contributed by atoms with E-state index < -0.39 is 41.9 Å². The number of amides is 3. The number of ether oxygens (including phenoxy) is 3. The third-order valence-electron chi connectivity index (χ3n) is 20.4. The van der Waals surface area contributed by atoms with E-state index in [9.17, 15) is 34.8 Å². The number of unbranched alkanes of at least 4 members (excludes halogenated alkanes) is 3. The van der Waals surface area contributed by atoms with Crippen LogP contribution in [0.4, 0.5) is 34.1 Å². The van der Waals surface area contributed by atoms with Crippen LogP contribution in [0, 0.1) is 6.92 Å². The molecule has 0 bridgehead atoms. The first-order chi connectivity index (χ1) is 53.1. The number of hydrogen-bond acceptors (Lipinski definition) is 18. The SMILES string of the molecule is CCCCc1ccc(NS(=O)(=O)c2cnc(Cc3ccc(N4CCN(C(=O)c5cc(S(=O)(=O)Nc6ccc(CCCC)cc6)ncc5-c5ccc(N6CCN(C(=O)c7nc(S(=O)(=O)Nc8ccc(CCCC)cc8)ccc7C)CC6)c(OC)c5)CC4)c(OC)c3)c(C(=O)N3CCN(c4ccccc4OC)CC3)c2)cc1. The Morgan fingerprint density at radius 2 is 0.855 bits per heavy atom. The summed E-state index contributed by atoms with van der Waals surface area (Å²) in [6.07, 6.45) is 11.6. The number of pyridine rings is 3. The maximum Gasteiger partial charge on any atom is 0.279 e. The molecule has 3 aromatic heterocycles. The van der Waals surface area contributed by atoms with Crippen LogP contribution in [0.1, 0.15) is 124 Å². The van der Waals surface area contributed by atoms with Crippen molar-refractivity contribution in [2.75, 3.05) is 129 Å². The molecule has 3 amide bonds. The van der Waals surface area contributed by atoms with Crippen LogP contribution in [0.25, 0.3) is 11.1 Å². The first-order valence-corrected chi connectivity index (χ1v) is 42.0. The molecular formula is C83H96N12O12S3. The maximum atomic E-state index is 15.3. The van der Waals surface area contributed by atoms with Crippen LogP contribution in [-0.4, -0.2) is 172 Å². The molecule has 0 unspecified atom stereocenters. The number of hydrogen-bond donors (Lipinski definition) is 3. The van der Waals surface area contributed by atoms with Crippen molar-refractivity contribution in [3.63, 3.8) is 0 Å². The van der Waals surface area contributed by atoms with E-state index in [-0.39, 0.29) is 70.3 Å². The van der Waals surface area contributed by atoms with E-state index in [1.165, 1.54) is 37.7 Å². The molecule has 24 nitrogen and oxygen atoms in total. The molecule has 3 fully saturated rings. The molecule has 3 saturated heterocycles. The molecule has 0 radical (unpaired) electrons. The van der Waals surface area contributed by atoms with E-state index in [1.54, 1.807) is 84.4 Å². The van der Waals surface area contributed by atoms with Crippen molar-refractivity contribution in [3.05, 3.63) is 220 Å². The van der Waals surface area contributed by atoms with Gasteiger partial charge in [-0.25, -0.2) is 18.4 Å². The van der Waals surface area contributed by atoms with Crippen LogP contribution >= 0.6 is 0 Å². The van der Waals surface area contributed by atoms with Gasteiger partial charge in [-0.15, -0.1) is 0 Å². The highest BCUT2D eigenvalue weighted by Crippen LogP contribution is 2.38. The monoisotopic (exact) mass is 1550 g/mol. The molecule has 578 valence electrons. The molecule has 0 aliphatic carbocycles. The molecule has 6 heterocycles. The van der Waals surface area contributed by atoms with Crippen LogP contribution in [0.5, 0.6) is 17.2 Å². The van der Waals surface area contributed by atoms with Gasteiger partial charge in [-0.3, -0.25) is 33.5 Å².